The summed E-state index contributed by atoms with van der Waals surface area (Å²) in [6, 6.07) is 9.06. The summed E-state index contributed by atoms with van der Waals surface area (Å²) >= 11 is 0. The average Bonchev–Trinajstić information content (AvgIpc) is 2.30. The standard InChI is InChI=1S/C11H13NO2S/c1-3-10(8-12)15(13)11-6-4-5-9(7-11)14-2/h4-7,10H,3H2,1-2H3. The van der Waals surface area contributed by atoms with Crippen LogP contribution in [0.25, 0.3) is 0 Å². The molecule has 0 spiro atoms. The largest absolute Gasteiger partial charge is 0.497 e. The Balaban J connectivity index is 2.96. The summed E-state index contributed by atoms with van der Waals surface area (Å²) in [6.45, 7) is 1.85. The molecule has 0 heterocycles. The van der Waals surface area contributed by atoms with Crippen LogP contribution in [0.1, 0.15) is 13.3 Å². The van der Waals surface area contributed by atoms with Crippen LogP contribution in [0.4, 0.5) is 0 Å². The van der Waals surface area contributed by atoms with Gasteiger partial charge in [-0.15, -0.1) is 0 Å². The van der Waals surface area contributed by atoms with E-state index in [0.29, 0.717) is 17.1 Å². The van der Waals surface area contributed by atoms with Gasteiger partial charge in [0.05, 0.1) is 24.0 Å². The molecule has 1 rings (SSSR count). The van der Waals surface area contributed by atoms with Gasteiger partial charge in [-0.1, -0.05) is 13.0 Å². The molecule has 0 fully saturated rings. The molecule has 0 amide bonds. The lowest BCUT2D eigenvalue weighted by Crippen LogP contribution is -2.11. The van der Waals surface area contributed by atoms with Gasteiger partial charge in [0.1, 0.15) is 11.0 Å². The van der Waals surface area contributed by atoms with E-state index in [1.807, 2.05) is 13.0 Å². The highest BCUT2D eigenvalue weighted by molar-refractivity contribution is 7.86. The molecule has 0 aliphatic carbocycles. The van der Waals surface area contributed by atoms with Gasteiger partial charge < -0.3 is 4.74 Å². The molecule has 3 nitrogen and oxygen atoms in total. The van der Waals surface area contributed by atoms with E-state index < -0.39 is 16.0 Å². The van der Waals surface area contributed by atoms with Crippen molar-refractivity contribution in [1.82, 2.24) is 0 Å². The molecule has 2 unspecified atom stereocenters. The lowest BCUT2D eigenvalue weighted by molar-refractivity contribution is 0.413. The topological polar surface area (TPSA) is 50.1 Å². The maximum atomic E-state index is 11.9. The molecule has 1 aromatic rings. The molecule has 0 aliphatic rings. The van der Waals surface area contributed by atoms with Gasteiger partial charge in [-0.3, -0.25) is 4.21 Å². The first-order valence-corrected chi connectivity index (χ1v) is 5.88. The third-order valence-electron chi connectivity index (χ3n) is 2.05. The van der Waals surface area contributed by atoms with Crippen molar-refractivity contribution in [2.24, 2.45) is 0 Å². The first-order valence-electron chi connectivity index (χ1n) is 4.67. The van der Waals surface area contributed by atoms with Gasteiger partial charge in [-0.05, 0) is 24.6 Å². The Morgan fingerprint density at radius 3 is 2.87 bits per heavy atom. The maximum Gasteiger partial charge on any atom is 0.126 e. The lowest BCUT2D eigenvalue weighted by atomic mass is 10.3. The Labute approximate surface area is 92.1 Å². The van der Waals surface area contributed by atoms with Gasteiger partial charge in [0.15, 0.2) is 0 Å². The summed E-state index contributed by atoms with van der Waals surface area (Å²) < 4.78 is 16.9. The second-order valence-corrected chi connectivity index (χ2v) is 4.64. The zero-order valence-corrected chi connectivity index (χ0v) is 9.58. The molecule has 80 valence electrons. The van der Waals surface area contributed by atoms with E-state index in [1.165, 1.54) is 0 Å². The van der Waals surface area contributed by atoms with Crippen molar-refractivity contribution >= 4 is 10.8 Å². The first kappa shape index (κ1) is 11.7. The number of benzene rings is 1. The minimum absolute atomic E-state index is 0.447. The molecule has 0 saturated heterocycles. The van der Waals surface area contributed by atoms with Crippen molar-refractivity contribution < 1.29 is 8.95 Å². The van der Waals surface area contributed by atoms with Crippen LogP contribution in [-0.4, -0.2) is 16.6 Å². The predicted molar refractivity (Wildman–Crippen MR) is 59.1 cm³/mol. The summed E-state index contributed by atoms with van der Waals surface area (Å²) in [4.78, 5) is 0.641. The van der Waals surface area contributed by atoms with Crippen LogP contribution < -0.4 is 4.74 Å². The summed E-state index contributed by atoms with van der Waals surface area (Å²) in [5, 5.41) is 8.36. The summed E-state index contributed by atoms with van der Waals surface area (Å²) in [5.41, 5.74) is 0. The molecule has 2 atom stereocenters. The van der Waals surface area contributed by atoms with Crippen molar-refractivity contribution in [3.05, 3.63) is 24.3 Å². The van der Waals surface area contributed by atoms with E-state index >= 15 is 0 Å². The van der Waals surface area contributed by atoms with Crippen LogP contribution in [-0.2, 0) is 10.8 Å². The van der Waals surface area contributed by atoms with E-state index in [2.05, 4.69) is 0 Å². The van der Waals surface area contributed by atoms with Crippen molar-refractivity contribution in [3.63, 3.8) is 0 Å². The number of hydrogen-bond donors (Lipinski definition) is 0. The van der Waals surface area contributed by atoms with Crippen LogP contribution in [0.15, 0.2) is 29.2 Å². The fourth-order valence-electron chi connectivity index (χ4n) is 1.18. The SMILES string of the molecule is CCC(C#N)S(=O)c1cccc(OC)c1. The molecular weight excluding hydrogens is 210 g/mol. The van der Waals surface area contributed by atoms with Gasteiger partial charge >= 0.3 is 0 Å². The van der Waals surface area contributed by atoms with Gasteiger partial charge in [-0.25, -0.2) is 0 Å². The lowest BCUT2D eigenvalue weighted by Gasteiger charge is -2.07. The average molecular weight is 223 g/mol. The van der Waals surface area contributed by atoms with E-state index in [4.69, 9.17) is 10.00 Å². The quantitative estimate of drug-likeness (QED) is 0.785. The molecule has 0 aromatic heterocycles. The number of nitrogens with zero attached hydrogens (tertiary/aromatic N) is 1. The summed E-state index contributed by atoms with van der Waals surface area (Å²) in [6.07, 6.45) is 0.584. The molecule has 0 aliphatic heterocycles. The smallest absolute Gasteiger partial charge is 0.126 e. The molecule has 0 N–H and O–H groups in total. The van der Waals surface area contributed by atoms with Crippen molar-refractivity contribution in [1.29, 1.82) is 5.26 Å². The second kappa shape index (κ2) is 5.52. The summed E-state index contributed by atoms with van der Waals surface area (Å²) in [5.74, 6) is 0.661. The minimum atomic E-state index is -1.27. The van der Waals surface area contributed by atoms with Crippen LogP contribution in [0.2, 0.25) is 0 Å². The van der Waals surface area contributed by atoms with Crippen LogP contribution in [0.5, 0.6) is 5.75 Å². The normalized spacial score (nSPS) is 13.9. The number of methoxy groups -OCH3 is 1. The van der Waals surface area contributed by atoms with Crippen molar-refractivity contribution in [2.45, 2.75) is 23.5 Å². The van der Waals surface area contributed by atoms with Gasteiger partial charge in [0.2, 0.25) is 0 Å². The van der Waals surface area contributed by atoms with Gasteiger partial charge in [0.25, 0.3) is 0 Å². The monoisotopic (exact) mass is 223 g/mol. The van der Waals surface area contributed by atoms with Gasteiger partial charge in [-0.2, -0.15) is 5.26 Å². The van der Waals surface area contributed by atoms with E-state index in [-0.39, 0.29) is 0 Å². The third-order valence-corrected chi connectivity index (χ3v) is 3.72. The zero-order chi connectivity index (χ0) is 11.3. The number of nitriles is 1. The maximum absolute atomic E-state index is 11.9. The van der Waals surface area contributed by atoms with Crippen molar-refractivity contribution in [2.75, 3.05) is 7.11 Å². The van der Waals surface area contributed by atoms with E-state index in [0.717, 1.165) is 0 Å². The van der Waals surface area contributed by atoms with Crippen LogP contribution in [0.3, 0.4) is 0 Å². The highest BCUT2D eigenvalue weighted by atomic mass is 32.2. The van der Waals surface area contributed by atoms with Crippen LogP contribution >= 0.6 is 0 Å². The first-order chi connectivity index (χ1) is 7.22. The number of hydrogen-bond acceptors (Lipinski definition) is 3. The second-order valence-electron chi connectivity index (χ2n) is 3.00. The minimum Gasteiger partial charge on any atom is -0.497 e. The highest BCUT2D eigenvalue weighted by Crippen LogP contribution is 2.18. The fraction of sp³-hybridized carbons (Fsp3) is 0.364. The molecule has 1 aromatic carbocycles. The van der Waals surface area contributed by atoms with Crippen LogP contribution in [0, 0.1) is 11.3 Å². The number of ether oxygens (including phenoxy) is 1. The Bertz CT molecular complexity index is 398. The fourth-order valence-corrected chi connectivity index (χ4v) is 2.35. The highest BCUT2D eigenvalue weighted by Gasteiger charge is 2.15. The van der Waals surface area contributed by atoms with E-state index in [1.54, 1.807) is 31.4 Å². The molecule has 0 bridgehead atoms. The predicted octanol–water partition coefficient (Wildman–Crippen LogP) is 2.10. The van der Waals surface area contributed by atoms with Gasteiger partial charge in [0, 0.05) is 4.90 Å². The van der Waals surface area contributed by atoms with E-state index in [9.17, 15) is 4.21 Å². The number of rotatable bonds is 4. The Morgan fingerprint density at radius 1 is 1.60 bits per heavy atom. The molecule has 15 heavy (non-hydrogen) atoms. The van der Waals surface area contributed by atoms with Crippen molar-refractivity contribution in [3.8, 4) is 11.8 Å². The molecule has 0 radical (unpaired) electrons. The molecular formula is C11H13NO2S. The molecule has 0 saturated carbocycles. The Kier molecular flexibility index (Phi) is 4.32. The third kappa shape index (κ3) is 2.80. The zero-order valence-electron chi connectivity index (χ0n) is 8.77. The Hall–Kier alpha value is -1.34. The molecule has 4 heteroatoms. The Morgan fingerprint density at radius 2 is 2.33 bits per heavy atom. The summed E-state index contributed by atoms with van der Waals surface area (Å²) in [7, 11) is 0.285.